The van der Waals surface area contributed by atoms with E-state index in [9.17, 15) is 4.79 Å². The summed E-state index contributed by atoms with van der Waals surface area (Å²) in [5, 5.41) is 2.97. The summed E-state index contributed by atoms with van der Waals surface area (Å²) in [6, 6.07) is 7.59. The molecule has 19 heavy (non-hydrogen) atoms. The fraction of sp³-hybridized carbons (Fsp3) is 0.533. The van der Waals surface area contributed by atoms with Crippen LogP contribution in [0, 0.1) is 5.92 Å². The second-order valence-corrected chi connectivity index (χ2v) is 4.64. The lowest BCUT2D eigenvalue weighted by atomic mass is 10.0. The van der Waals surface area contributed by atoms with E-state index in [0.717, 1.165) is 24.2 Å². The van der Waals surface area contributed by atoms with Crippen molar-refractivity contribution < 1.29 is 9.53 Å². The topological polar surface area (TPSA) is 64.3 Å². The summed E-state index contributed by atoms with van der Waals surface area (Å²) in [6.07, 6.45) is 2.33. The standard InChI is InChI=1S/C15H24N2O2/c1-3-12(8-9-16)11-17-15(18)10-13-6-4-5-7-14(13)19-2/h4-7,12H,3,8-11,16H2,1-2H3,(H,17,18). The fourth-order valence-corrected chi connectivity index (χ4v) is 2.03. The van der Waals surface area contributed by atoms with E-state index in [2.05, 4.69) is 12.2 Å². The van der Waals surface area contributed by atoms with Crippen LogP contribution in [0.3, 0.4) is 0 Å². The number of nitrogens with two attached hydrogens (primary N) is 1. The lowest BCUT2D eigenvalue weighted by molar-refractivity contribution is -0.120. The largest absolute Gasteiger partial charge is 0.496 e. The average Bonchev–Trinajstić information content (AvgIpc) is 2.44. The number of rotatable bonds is 8. The van der Waals surface area contributed by atoms with Crippen molar-refractivity contribution in [2.24, 2.45) is 11.7 Å². The van der Waals surface area contributed by atoms with E-state index in [0.29, 0.717) is 25.4 Å². The van der Waals surface area contributed by atoms with Crippen molar-refractivity contribution in [3.63, 3.8) is 0 Å². The van der Waals surface area contributed by atoms with Gasteiger partial charge in [-0.25, -0.2) is 0 Å². The molecule has 1 unspecified atom stereocenters. The molecule has 1 rings (SSSR count). The summed E-state index contributed by atoms with van der Waals surface area (Å²) < 4.78 is 5.24. The van der Waals surface area contributed by atoms with E-state index in [1.54, 1.807) is 7.11 Å². The predicted octanol–water partition coefficient (Wildman–Crippen LogP) is 1.73. The molecule has 3 N–H and O–H groups in total. The van der Waals surface area contributed by atoms with Gasteiger partial charge in [0.1, 0.15) is 5.75 Å². The van der Waals surface area contributed by atoms with Crippen LogP contribution in [0.5, 0.6) is 5.75 Å². The summed E-state index contributed by atoms with van der Waals surface area (Å²) in [4.78, 5) is 11.9. The van der Waals surface area contributed by atoms with E-state index in [1.165, 1.54) is 0 Å². The van der Waals surface area contributed by atoms with Gasteiger partial charge in [-0.3, -0.25) is 4.79 Å². The molecular formula is C15H24N2O2. The Kier molecular flexibility index (Phi) is 6.97. The average molecular weight is 264 g/mol. The van der Waals surface area contributed by atoms with E-state index in [1.807, 2.05) is 24.3 Å². The fourth-order valence-electron chi connectivity index (χ4n) is 2.03. The van der Waals surface area contributed by atoms with Crippen LogP contribution in [0.25, 0.3) is 0 Å². The molecule has 0 heterocycles. The molecule has 0 spiro atoms. The van der Waals surface area contributed by atoms with Crippen LogP contribution in [0.4, 0.5) is 0 Å². The normalized spacial score (nSPS) is 11.9. The number of hydrogen-bond acceptors (Lipinski definition) is 3. The highest BCUT2D eigenvalue weighted by molar-refractivity contribution is 5.79. The first-order chi connectivity index (χ1) is 9.21. The Morgan fingerprint density at radius 1 is 1.42 bits per heavy atom. The molecule has 0 bridgehead atoms. The zero-order chi connectivity index (χ0) is 14.1. The molecule has 0 radical (unpaired) electrons. The van der Waals surface area contributed by atoms with Gasteiger partial charge in [0.2, 0.25) is 5.91 Å². The van der Waals surface area contributed by atoms with Crippen molar-refractivity contribution >= 4 is 5.91 Å². The second kappa shape index (κ2) is 8.53. The minimum Gasteiger partial charge on any atom is -0.496 e. The van der Waals surface area contributed by atoms with Gasteiger partial charge in [-0.2, -0.15) is 0 Å². The summed E-state index contributed by atoms with van der Waals surface area (Å²) in [5.74, 6) is 1.25. The molecule has 0 saturated carbocycles. The third-order valence-corrected chi connectivity index (χ3v) is 3.28. The van der Waals surface area contributed by atoms with E-state index in [-0.39, 0.29) is 5.91 Å². The van der Waals surface area contributed by atoms with Crippen LogP contribution in [-0.4, -0.2) is 26.1 Å². The number of para-hydroxylation sites is 1. The molecule has 106 valence electrons. The summed E-state index contributed by atoms with van der Waals surface area (Å²) >= 11 is 0. The van der Waals surface area contributed by atoms with Crippen molar-refractivity contribution in [2.45, 2.75) is 26.2 Å². The maximum atomic E-state index is 11.9. The number of carbonyl (C=O) groups is 1. The van der Waals surface area contributed by atoms with Crippen LogP contribution in [-0.2, 0) is 11.2 Å². The van der Waals surface area contributed by atoms with Gasteiger partial charge in [0, 0.05) is 12.1 Å². The van der Waals surface area contributed by atoms with Crippen LogP contribution in [0.2, 0.25) is 0 Å². The Morgan fingerprint density at radius 3 is 2.79 bits per heavy atom. The quantitative estimate of drug-likeness (QED) is 0.751. The van der Waals surface area contributed by atoms with Gasteiger partial charge >= 0.3 is 0 Å². The number of ether oxygens (including phenoxy) is 1. The lowest BCUT2D eigenvalue weighted by Gasteiger charge is -2.15. The Labute approximate surface area is 115 Å². The zero-order valence-corrected chi connectivity index (χ0v) is 11.8. The highest BCUT2D eigenvalue weighted by Crippen LogP contribution is 2.17. The Hall–Kier alpha value is -1.55. The van der Waals surface area contributed by atoms with Gasteiger partial charge in [0.15, 0.2) is 0 Å². The number of hydrogen-bond donors (Lipinski definition) is 2. The highest BCUT2D eigenvalue weighted by atomic mass is 16.5. The van der Waals surface area contributed by atoms with Crippen molar-refractivity contribution in [3.8, 4) is 5.75 Å². The first kappa shape index (κ1) is 15.5. The Bertz CT molecular complexity index is 393. The predicted molar refractivity (Wildman–Crippen MR) is 77.2 cm³/mol. The van der Waals surface area contributed by atoms with Crippen molar-refractivity contribution in [1.29, 1.82) is 0 Å². The SMILES string of the molecule is CCC(CCN)CNC(=O)Cc1ccccc1OC. The molecule has 4 heteroatoms. The summed E-state index contributed by atoms with van der Waals surface area (Å²) in [7, 11) is 1.62. The van der Waals surface area contributed by atoms with E-state index < -0.39 is 0 Å². The van der Waals surface area contributed by atoms with Gasteiger partial charge in [0.05, 0.1) is 13.5 Å². The maximum Gasteiger partial charge on any atom is 0.224 e. The zero-order valence-electron chi connectivity index (χ0n) is 11.8. The third-order valence-electron chi connectivity index (χ3n) is 3.28. The van der Waals surface area contributed by atoms with Crippen molar-refractivity contribution in [2.75, 3.05) is 20.2 Å². The lowest BCUT2D eigenvalue weighted by Crippen LogP contribution is -2.31. The van der Waals surface area contributed by atoms with Gasteiger partial charge in [-0.1, -0.05) is 31.5 Å². The minimum absolute atomic E-state index is 0.0278. The monoisotopic (exact) mass is 264 g/mol. The molecular weight excluding hydrogens is 240 g/mol. The molecule has 1 amide bonds. The van der Waals surface area contributed by atoms with Crippen LogP contribution in [0.15, 0.2) is 24.3 Å². The molecule has 0 saturated heterocycles. The van der Waals surface area contributed by atoms with Gasteiger partial charge in [-0.15, -0.1) is 0 Å². The molecule has 0 aliphatic rings. The minimum atomic E-state index is 0.0278. The van der Waals surface area contributed by atoms with Gasteiger partial charge in [0.25, 0.3) is 0 Å². The maximum absolute atomic E-state index is 11.9. The molecule has 1 aromatic carbocycles. The van der Waals surface area contributed by atoms with Crippen molar-refractivity contribution in [3.05, 3.63) is 29.8 Å². The number of nitrogens with one attached hydrogen (secondary N) is 1. The summed E-state index contributed by atoms with van der Waals surface area (Å²) in [6.45, 7) is 3.48. The van der Waals surface area contributed by atoms with Crippen LogP contribution in [0.1, 0.15) is 25.3 Å². The smallest absolute Gasteiger partial charge is 0.224 e. The molecule has 1 aromatic rings. The first-order valence-corrected chi connectivity index (χ1v) is 6.79. The number of benzene rings is 1. The number of methoxy groups -OCH3 is 1. The van der Waals surface area contributed by atoms with Gasteiger partial charge in [-0.05, 0) is 24.9 Å². The summed E-state index contributed by atoms with van der Waals surface area (Å²) in [5.41, 5.74) is 6.46. The molecule has 1 atom stereocenters. The van der Waals surface area contributed by atoms with Crippen molar-refractivity contribution in [1.82, 2.24) is 5.32 Å². The van der Waals surface area contributed by atoms with E-state index >= 15 is 0 Å². The molecule has 0 fully saturated rings. The molecule has 0 aromatic heterocycles. The molecule has 4 nitrogen and oxygen atoms in total. The number of carbonyl (C=O) groups excluding carboxylic acids is 1. The van der Waals surface area contributed by atoms with Gasteiger partial charge < -0.3 is 15.8 Å². The molecule has 0 aliphatic carbocycles. The molecule has 0 aliphatic heterocycles. The second-order valence-electron chi connectivity index (χ2n) is 4.64. The van der Waals surface area contributed by atoms with Crippen LogP contribution < -0.4 is 15.8 Å². The Balaban J connectivity index is 2.46. The number of amides is 1. The third kappa shape index (κ3) is 5.30. The highest BCUT2D eigenvalue weighted by Gasteiger charge is 2.10. The Morgan fingerprint density at radius 2 is 2.16 bits per heavy atom. The first-order valence-electron chi connectivity index (χ1n) is 6.79. The van der Waals surface area contributed by atoms with E-state index in [4.69, 9.17) is 10.5 Å². The van der Waals surface area contributed by atoms with Crippen LogP contribution >= 0.6 is 0 Å².